The predicted molar refractivity (Wildman–Crippen MR) is 97.6 cm³/mol. The zero-order chi connectivity index (χ0) is 18.7. The molecule has 7 nitrogen and oxygen atoms in total. The van der Waals surface area contributed by atoms with Gasteiger partial charge in [0, 0.05) is 17.8 Å². The summed E-state index contributed by atoms with van der Waals surface area (Å²) < 4.78 is 1.81. The second-order valence-corrected chi connectivity index (χ2v) is 7.07. The van der Waals surface area contributed by atoms with E-state index in [1.165, 1.54) is 0 Å². The largest absolute Gasteiger partial charge is 0.352 e. The first-order valence-corrected chi connectivity index (χ1v) is 8.66. The minimum atomic E-state index is -0.295. The van der Waals surface area contributed by atoms with E-state index >= 15 is 0 Å². The molecule has 7 heteroatoms. The normalized spacial score (nSPS) is 11.6. The van der Waals surface area contributed by atoms with Crippen molar-refractivity contribution in [1.82, 2.24) is 25.4 Å². The van der Waals surface area contributed by atoms with Gasteiger partial charge in [-0.25, -0.2) is 9.67 Å². The highest BCUT2D eigenvalue weighted by molar-refractivity contribution is 6.06. The molecule has 2 aromatic heterocycles. The maximum atomic E-state index is 12.6. The van der Waals surface area contributed by atoms with Crippen molar-refractivity contribution < 1.29 is 9.59 Å². The van der Waals surface area contributed by atoms with Gasteiger partial charge in [0.2, 0.25) is 5.91 Å². The van der Waals surface area contributed by atoms with Crippen LogP contribution < -0.4 is 10.6 Å². The van der Waals surface area contributed by atoms with Gasteiger partial charge in [-0.15, -0.1) is 0 Å². The second-order valence-electron chi connectivity index (χ2n) is 7.07. The molecule has 136 valence electrons. The highest BCUT2D eigenvalue weighted by atomic mass is 16.2. The Labute approximate surface area is 148 Å². The molecule has 2 amide bonds. The van der Waals surface area contributed by atoms with Crippen LogP contribution in [0, 0.1) is 0 Å². The molecule has 0 aliphatic rings. The van der Waals surface area contributed by atoms with Crippen LogP contribution in [0.4, 0.5) is 0 Å². The van der Waals surface area contributed by atoms with Crippen LogP contribution in [0.2, 0.25) is 0 Å². The molecular weight excluding hydrogens is 318 g/mol. The van der Waals surface area contributed by atoms with E-state index in [9.17, 15) is 9.59 Å². The Morgan fingerprint density at radius 2 is 1.84 bits per heavy atom. The summed E-state index contributed by atoms with van der Waals surface area (Å²) >= 11 is 0. The first kappa shape index (κ1) is 18.9. The smallest absolute Gasteiger partial charge is 0.252 e. The Kier molecular flexibility index (Phi) is 5.77. The Hall–Kier alpha value is -2.44. The van der Waals surface area contributed by atoms with E-state index in [-0.39, 0.29) is 36.4 Å². The quantitative estimate of drug-likeness (QED) is 0.841. The van der Waals surface area contributed by atoms with Crippen LogP contribution in [0.3, 0.4) is 0 Å². The highest BCUT2D eigenvalue weighted by Crippen LogP contribution is 2.24. The number of carbonyl (C=O) groups is 2. The molecule has 0 atom stereocenters. The molecule has 2 N–H and O–H groups in total. The van der Waals surface area contributed by atoms with Crippen LogP contribution in [-0.4, -0.2) is 39.2 Å². The molecule has 0 saturated carbocycles. The number of hydrogen-bond acceptors (Lipinski definition) is 4. The maximum absolute atomic E-state index is 12.6. The fourth-order valence-electron chi connectivity index (χ4n) is 2.53. The predicted octanol–water partition coefficient (Wildman–Crippen LogP) is 2.39. The van der Waals surface area contributed by atoms with Crippen molar-refractivity contribution in [3.05, 3.63) is 23.5 Å². The van der Waals surface area contributed by atoms with E-state index in [4.69, 9.17) is 0 Å². The van der Waals surface area contributed by atoms with Gasteiger partial charge in [0.05, 0.1) is 23.7 Å². The molecule has 0 fully saturated rings. The van der Waals surface area contributed by atoms with Gasteiger partial charge in [0.25, 0.3) is 5.91 Å². The van der Waals surface area contributed by atoms with E-state index in [1.54, 1.807) is 12.3 Å². The Morgan fingerprint density at radius 1 is 1.16 bits per heavy atom. The molecule has 0 unspecified atom stereocenters. The minimum absolute atomic E-state index is 0.0360. The van der Waals surface area contributed by atoms with Crippen molar-refractivity contribution >= 4 is 22.8 Å². The first-order valence-electron chi connectivity index (χ1n) is 8.66. The van der Waals surface area contributed by atoms with Crippen LogP contribution in [0.5, 0.6) is 0 Å². The number of hydrogen-bond donors (Lipinski definition) is 2. The monoisotopic (exact) mass is 345 g/mol. The molecule has 0 radical (unpaired) electrons. The summed E-state index contributed by atoms with van der Waals surface area (Å²) in [4.78, 5) is 29.1. The van der Waals surface area contributed by atoms with Gasteiger partial charge in [-0.05, 0) is 39.7 Å². The lowest BCUT2D eigenvalue weighted by Gasteiger charge is -2.13. The van der Waals surface area contributed by atoms with E-state index in [0.717, 1.165) is 5.69 Å². The number of carbonyl (C=O) groups excluding carboxylic acids is 2. The van der Waals surface area contributed by atoms with Crippen LogP contribution >= 0.6 is 0 Å². The van der Waals surface area contributed by atoms with Crippen molar-refractivity contribution in [1.29, 1.82) is 0 Å². The number of nitrogens with one attached hydrogen (secondary N) is 2. The number of nitrogens with zero attached hydrogens (tertiary/aromatic N) is 3. The van der Waals surface area contributed by atoms with Crippen molar-refractivity contribution in [2.24, 2.45) is 0 Å². The molecule has 25 heavy (non-hydrogen) atoms. The lowest BCUT2D eigenvalue weighted by atomic mass is 10.0. The van der Waals surface area contributed by atoms with Gasteiger partial charge in [0.15, 0.2) is 5.65 Å². The average molecular weight is 345 g/mol. The van der Waals surface area contributed by atoms with Crippen LogP contribution in [0.1, 0.15) is 69.6 Å². The molecule has 2 aromatic rings. The second kappa shape index (κ2) is 7.63. The standard InChI is InChI=1S/C18H27N5O2/c1-10(2)15-7-13(18(25)19-9-16(24)21-11(3)4)14-8-20-23(12(5)6)17(14)22-15/h7-8,10-12H,9H2,1-6H3,(H,19,25)(H,21,24). The molecule has 0 aromatic carbocycles. The van der Waals surface area contributed by atoms with E-state index < -0.39 is 0 Å². The molecular formula is C18H27N5O2. The number of pyridine rings is 1. The van der Waals surface area contributed by atoms with Gasteiger partial charge < -0.3 is 10.6 Å². The van der Waals surface area contributed by atoms with Crippen LogP contribution in [0.15, 0.2) is 12.3 Å². The minimum Gasteiger partial charge on any atom is -0.352 e. The van der Waals surface area contributed by atoms with Crippen molar-refractivity contribution in [2.75, 3.05) is 6.54 Å². The third-order valence-electron chi connectivity index (χ3n) is 3.77. The van der Waals surface area contributed by atoms with Crippen LogP contribution in [-0.2, 0) is 4.79 Å². The molecule has 0 spiro atoms. The summed E-state index contributed by atoms with van der Waals surface area (Å²) in [7, 11) is 0. The van der Waals surface area contributed by atoms with Crippen molar-refractivity contribution in [2.45, 2.75) is 59.5 Å². The summed E-state index contributed by atoms with van der Waals surface area (Å²) in [6.45, 7) is 11.8. The van der Waals surface area contributed by atoms with E-state index in [1.807, 2.05) is 46.2 Å². The highest BCUT2D eigenvalue weighted by Gasteiger charge is 2.19. The van der Waals surface area contributed by atoms with Gasteiger partial charge in [-0.1, -0.05) is 13.8 Å². The lowest BCUT2D eigenvalue weighted by Crippen LogP contribution is -2.39. The molecule has 0 bridgehead atoms. The molecule has 0 aliphatic carbocycles. The zero-order valence-electron chi connectivity index (χ0n) is 15.8. The van der Waals surface area contributed by atoms with Gasteiger partial charge >= 0.3 is 0 Å². The Morgan fingerprint density at radius 3 is 2.40 bits per heavy atom. The summed E-state index contributed by atoms with van der Waals surface area (Å²) in [5, 5.41) is 10.5. The van der Waals surface area contributed by atoms with Gasteiger partial charge in [0.1, 0.15) is 0 Å². The van der Waals surface area contributed by atoms with E-state index in [2.05, 4.69) is 20.7 Å². The summed E-state index contributed by atoms with van der Waals surface area (Å²) in [5.41, 5.74) is 2.02. The SMILES string of the molecule is CC(C)NC(=O)CNC(=O)c1cc(C(C)C)nc2c1cnn2C(C)C. The van der Waals surface area contributed by atoms with Crippen molar-refractivity contribution in [3.8, 4) is 0 Å². The third kappa shape index (κ3) is 4.35. The molecule has 0 saturated heterocycles. The number of fused-ring (bicyclic) bond motifs is 1. The van der Waals surface area contributed by atoms with Gasteiger partial charge in [-0.2, -0.15) is 5.10 Å². The topological polar surface area (TPSA) is 88.9 Å². The molecule has 0 aliphatic heterocycles. The summed E-state index contributed by atoms with van der Waals surface area (Å²) in [5.74, 6) is -0.331. The number of amides is 2. The Bertz CT molecular complexity index is 777. The first-order chi connectivity index (χ1) is 11.7. The molecule has 2 rings (SSSR count). The fourth-order valence-corrected chi connectivity index (χ4v) is 2.53. The summed E-state index contributed by atoms with van der Waals surface area (Å²) in [6, 6.07) is 1.96. The number of aromatic nitrogens is 3. The Balaban J connectivity index is 2.35. The average Bonchev–Trinajstić information content (AvgIpc) is 2.94. The molecule has 2 heterocycles. The fraction of sp³-hybridized carbons (Fsp3) is 0.556. The maximum Gasteiger partial charge on any atom is 0.252 e. The zero-order valence-corrected chi connectivity index (χ0v) is 15.8. The van der Waals surface area contributed by atoms with E-state index in [0.29, 0.717) is 16.6 Å². The summed E-state index contributed by atoms with van der Waals surface area (Å²) in [6.07, 6.45) is 1.66. The van der Waals surface area contributed by atoms with Crippen molar-refractivity contribution in [3.63, 3.8) is 0 Å². The third-order valence-corrected chi connectivity index (χ3v) is 3.77. The van der Waals surface area contributed by atoms with Crippen LogP contribution in [0.25, 0.3) is 11.0 Å². The van der Waals surface area contributed by atoms with Gasteiger partial charge in [-0.3, -0.25) is 9.59 Å². The number of rotatable bonds is 6. The lowest BCUT2D eigenvalue weighted by molar-refractivity contribution is -0.120.